The molecule has 1 aliphatic heterocycles. The Bertz CT molecular complexity index is 851. The first-order valence-corrected chi connectivity index (χ1v) is 9.72. The van der Waals surface area contributed by atoms with Gasteiger partial charge in [0.25, 0.3) is 0 Å². The summed E-state index contributed by atoms with van der Waals surface area (Å²) in [4.78, 5) is 17.5. The summed E-state index contributed by atoms with van der Waals surface area (Å²) in [6.45, 7) is 3.27. The first-order valence-electron chi connectivity index (χ1n) is 9.72. The lowest BCUT2D eigenvalue weighted by atomic mass is 9.61. The van der Waals surface area contributed by atoms with E-state index in [4.69, 9.17) is 0 Å². The third kappa shape index (κ3) is 3.02. The summed E-state index contributed by atoms with van der Waals surface area (Å²) in [5.74, 6) is 0.464. The number of hydrogen-bond acceptors (Lipinski definition) is 3. The van der Waals surface area contributed by atoms with Crippen molar-refractivity contribution in [3.8, 4) is 5.75 Å². The number of phenolic OH excluding ortho intramolecular Hbond substituents is 1. The zero-order chi connectivity index (χ0) is 19.2. The molecular weight excluding hydrogens is 336 g/mol. The lowest BCUT2D eigenvalue weighted by molar-refractivity contribution is -0.136. The fourth-order valence-corrected chi connectivity index (χ4v) is 5.18. The van der Waals surface area contributed by atoms with Crippen molar-refractivity contribution in [2.24, 2.45) is 0 Å². The molecule has 1 N–H and O–H groups in total. The van der Waals surface area contributed by atoms with Gasteiger partial charge >= 0.3 is 0 Å². The minimum Gasteiger partial charge on any atom is -0.508 e. The van der Waals surface area contributed by atoms with Crippen LogP contribution in [0.1, 0.15) is 30.0 Å². The molecule has 142 valence electrons. The molecule has 1 aliphatic carbocycles. The van der Waals surface area contributed by atoms with Gasteiger partial charge in [0.1, 0.15) is 5.75 Å². The Morgan fingerprint density at radius 3 is 2.74 bits per heavy atom. The van der Waals surface area contributed by atoms with E-state index in [0.29, 0.717) is 18.2 Å². The third-order valence-electron chi connectivity index (χ3n) is 6.71. The van der Waals surface area contributed by atoms with Gasteiger partial charge in [0, 0.05) is 18.5 Å². The van der Waals surface area contributed by atoms with Crippen LogP contribution in [-0.2, 0) is 23.1 Å². The quantitative estimate of drug-likeness (QED) is 0.911. The van der Waals surface area contributed by atoms with Gasteiger partial charge in [-0.25, -0.2) is 0 Å². The van der Waals surface area contributed by atoms with Crippen LogP contribution in [0.5, 0.6) is 5.75 Å². The third-order valence-corrected chi connectivity index (χ3v) is 6.71. The van der Waals surface area contributed by atoms with E-state index in [1.807, 2.05) is 48.3 Å². The number of amides is 1. The smallest absolute Gasteiger partial charge is 0.227 e. The topological polar surface area (TPSA) is 43.8 Å². The largest absolute Gasteiger partial charge is 0.508 e. The Balaban J connectivity index is 1.69. The van der Waals surface area contributed by atoms with E-state index in [0.717, 1.165) is 24.9 Å². The molecule has 4 nitrogen and oxygen atoms in total. The van der Waals surface area contributed by atoms with E-state index in [1.165, 1.54) is 11.1 Å². The van der Waals surface area contributed by atoms with E-state index in [1.54, 1.807) is 6.07 Å². The second kappa shape index (κ2) is 6.68. The molecule has 2 aliphatic rings. The number of likely N-dealkylation sites (tertiary alicyclic amines) is 1. The number of rotatable bonds is 3. The average Bonchev–Trinajstić information content (AvgIpc) is 2.66. The highest BCUT2D eigenvalue weighted by Gasteiger charge is 2.52. The maximum absolute atomic E-state index is 13.1. The van der Waals surface area contributed by atoms with Gasteiger partial charge in [-0.2, -0.15) is 0 Å². The number of aromatic hydroxyl groups is 1. The molecule has 0 radical (unpaired) electrons. The molecule has 4 heteroatoms. The molecule has 27 heavy (non-hydrogen) atoms. The molecule has 1 fully saturated rings. The second-order valence-electron chi connectivity index (χ2n) is 8.37. The molecule has 1 saturated heterocycles. The summed E-state index contributed by atoms with van der Waals surface area (Å²) in [6.07, 6.45) is 2.31. The van der Waals surface area contributed by atoms with E-state index in [-0.39, 0.29) is 17.4 Å². The number of benzene rings is 2. The van der Waals surface area contributed by atoms with E-state index in [9.17, 15) is 9.90 Å². The van der Waals surface area contributed by atoms with Gasteiger partial charge in [-0.1, -0.05) is 43.3 Å². The van der Waals surface area contributed by atoms with Gasteiger partial charge in [-0.15, -0.1) is 0 Å². The van der Waals surface area contributed by atoms with Crippen LogP contribution in [-0.4, -0.2) is 53.5 Å². The Kier molecular flexibility index (Phi) is 4.47. The van der Waals surface area contributed by atoms with Gasteiger partial charge in [0.2, 0.25) is 5.91 Å². The molecule has 1 amide bonds. The molecule has 2 aromatic rings. The summed E-state index contributed by atoms with van der Waals surface area (Å²) in [5.41, 5.74) is 3.40. The van der Waals surface area contributed by atoms with Gasteiger partial charge in [-0.05, 0) is 55.3 Å². The highest BCUT2D eigenvalue weighted by molar-refractivity contribution is 5.79. The summed E-state index contributed by atoms with van der Waals surface area (Å²) < 4.78 is 0. The molecule has 1 heterocycles. The molecule has 1 unspecified atom stereocenters. The van der Waals surface area contributed by atoms with Gasteiger partial charge in [0.15, 0.2) is 0 Å². The SMILES string of the molecule is CN1CCC2(C)c3cc(O)ccc3C[C@@H]1[C@@H]2N(C)C(=O)Cc1ccccc1. The lowest BCUT2D eigenvalue weighted by Gasteiger charge is -2.57. The number of phenols is 1. The highest BCUT2D eigenvalue weighted by Crippen LogP contribution is 2.47. The van der Waals surface area contributed by atoms with Crippen LogP contribution in [0, 0.1) is 0 Å². The Labute approximate surface area is 161 Å². The van der Waals surface area contributed by atoms with Gasteiger partial charge in [-0.3, -0.25) is 4.79 Å². The van der Waals surface area contributed by atoms with E-state index >= 15 is 0 Å². The number of carbonyl (C=O) groups is 1. The summed E-state index contributed by atoms with van der Waals surface area (Å²) in [5, 5.41) is 10.1. The first kappa shape index (κ1) is 18.1. The van der Waals surface area contributed by atoms with Crippen molar-refractivity contribution in [1.29, 1.82) is 0 Å². The predicted octanol–water partition coefficient (Wildman–Crippen LogP) is 2.98. The maximum Gasteiger partial charge on any atom is 0.227 e. The molecule has 2 aromatic carbocycles. The Morgan fingerprint density at radius 2 is 2.00 bits per heavy atom. The molecule has 3 atom stereocenters. The summed E-state index contributed by atoms with van der Waals surface area (Å²) in [7, 11) is 4.12. The van der Waals surface area contributed by atoms with E-state index in [2.05, 4.69) is 24.9 Å². The Hall–Kier alpha value is -2.33. The van der Waals surface area contributed by atoms with Crippen LogP contribution in [0.2, 0.25) is 0 Å². The van der Waals surface area contributed by atoms with Crippen molar-refractivity contribution >= 4 is 5.91 Å². The van der Waals surface area contributed by atoms with Crippen molar-refractivity contribution in [1.82, 2.24) is 9.80 Å². The van der Waals surface area contributed by atoms with Crippen LogP contribution < -0.4 is 0 Å². The zero-order valence-corrected chi connectivity index (χ0v) is 16.4. The normalized spacial score (nSPS) is 27.1. The van der Waals surface area contributed by atoms with Crippen molar-refractivity contribution in [3.63, 3.8) is 0 Å². The van der Waals surface area contributed by atoms with Crippen LogP contribution in [0.4, 0.5) is 0 Å². The lowest BCUT2D eigenvalue weighted by Crippen LogP contribution is -2.67. The van der Waals surface area contributed by atoms with Crippen LogP contribution in [0.3, 0.4) is 0 Å². The van der Waals surface area contributed by atoms with Crippen molar-refractivity contribution in [2.45, 2.75) is 43.7 Å². The van der Waals surface area contributed by atoms with Crippen molar-refractivity contribution in [2.75, 3.05) is 20.6 Å². The molecule has 0 saturated carbocycles. The summed E-state index contributed by atoms with van der Waals surface area (Å²) in [6, 6.07) is 16.1. The van der Waals surface area contributed by atoms with Crippen LogP contribution >= 0.6 is 0 Å². The fourth-order valence-electron chi connectivity index (χ4n) is 5.18. The van der Waals surface area contributed by atoms with Crippen LogP contribution in [0.15, 0.2) is 48.5 Å². The van der Waals surface area contributed by atoms with Crippen molar-refractivity contribution in [3.05, 3.63) is 65.2 Å². The first-order chi connectivity index (χ1) is 12.9. The average molecular weight is 364 g/mol. The number of fused-ring (bicyclic) bond motifs is 4. The minimum absolute atomic E-state index is 0.0989. The number of piperidine rings is 1. The van der Waals surface area contributed by atoms with Gasteiger partial charge < -0.3 is 14.9 Å². The Morgan fingerprint density at radius 1 is 1.26 bits per heavy atom. The van der Waals surface area contributed by atoms with Crippen LogP contribution in [0.25, 0.3) is 0 Å². The number of hydrogen-bond donors (Lipinski definition) is 1. The van der Waals surface area contributed by atoms with Crippen molar-refractivity contribution < 1.29 is 9.90 Å². The molecule has 2 bridgehead atoms. The standard InChI is InChI=1S/C23H28N2O2/c1-23-11-12-24(2)20(14-17-9-10-18(26)15-19(17)23)22(23)25(3)21(27)13-16-7-5-4-6-8-16/h4-10,15,20,22,26H,11-14H2,1-3H3/t20-,22+,23?/m1/s1. The number of likely N-dealkylation sites (N-methyl/N-ethyl adjacent to an activating group) is 2. The van der Waals surface area contributed by atoms with Gasteiger partial charge in [0.05, 0.1) is 12.5 Å². The van der Waals surface area contributed by atoms with E-state index < -0.39 is 0 Å². The predicted molar refractivity (Wildman–Crippen MR) is 107 cm³/mol. The molecule has 0 spiro atoms. The number of carbonyl (C=O) groups excluding carboxylic acids is 1. The highest BCUT2D eigenvalue weighted by atomic mass is 16.3. The number of nitrogens with zero attached hydrogens (tertiary/aromatic N) is 2. The monoisotopic (exact) mass is 364 g/mol. The fraction of sp³-hybridized carbons (Fsp3) is 0.435. The maximum atomic E-state index is 13.1. The minimum atomic E-state index is -0.148. The summed E-state index contributed by atoms with van der Waals surface area (Å²) >= 11 is 0. The zero-order valence-electron chi connectivity index (χ0n) is 16.4. The molecule has 0 aromatic heterocycles. The second-order valence-corrected chi connectivity index (χ2v) is 8.37. The molecular formula is C23H28N2O2. The molecule has 4 rings (SSSR count).